The number of benzene rings is 1. The molecule has 0 saturated heterocycles. The van der Waals surface area contributed by atoms with E-state index in [1.165, 1.54) is 4.88 Å². The number of thiophene rings is 1. The van der Waals surface area contributed by atoms with Crippen molar-refractivity contribution in [3.05, 3.63) is 52.7 Å². The number of aliphatic imine (C=N–C) groups is 1. The molecule has 124 valence electrons. The average molecular weight is 331 g/mol. The van der Waals surface area contributed by atoms with E-state index in [9.17, 15) is 0 Å². The molecule has 0 aliphatic rings. The molecule has 0 aliphatic heterocycles. The Hall–Kier alpha value is -2.01. The van der Waals surface area contributed by atoms with Gasteiger partial charge in [-0.1, -0.05) is 31.2 Å². The van der Waals surface area contributed by atoms with Gasteiger partial charge in [-0.15, -0.1) is 11.3 Å². The number of para-hydroxylation sites is 1. The van der Waals surface area contributed by atoms with Gasteiger partial charge in [-0.05, 0) is 23.6 Å². The van der Waals surface area contributed by atoms with Crippen LogP contribution in [0.2, 0.25) is 0 Å². The Kier molecular flexibility index (Phi) is 6.94. The van der Waals surface area contributed by atoms with Crippen molar-refractivity contribution in [2.45, 2.75) is 12.8 Å². The third kappa shape index (κ3) is 5.60. The minimum Gasteiger partial charge on any atom is -0.492 e. The summed E-state index contributed by atoms with van der Waals surface area (Å²) in [6.07, 6.45) is 0. The molecule has 0 saturated carbocycles. The van der Waals surface area contributed by atoms with Crippen molar-refractivity contribution in [2.75, 3.05) is 33.8 Å². The lowest BCUT2D eigenvalue weighted by atomic mass is 10.1. The SMILES string of the molecule is CN=C(NCC(C)c1cccs1)N(C)CCOc1ccccc1. The van der Waals surface area contributed by atoms with Gasteiger partial charge in [0, 0.05) is 31.4 Å². The summed E-state index contributed by atoms with van der Waals surface area (Å²) < 4.78 is 5.73. The zero-order chi connectivity index (χ0) is 16.5. The Balaban J connectivity index is 1.74. The molecule has 4 nitrogen and oxygen atoms in total. The number of rotatable bonds is 7. The summed E-state index contributed by atoms with van der Waals surface area (Å²) in [6.45, 7) is 4.51. The van der Waals surface area contributed by atoms with Gasteiger partial charge in [-0.3, -0.25) is 4.99 Å². The van der Waals surface area contributed by atoms with Gasteiger partial charge in [0.15, 0.2) is 5.96 Å². The van der Waals surface area contributed by atoms with Crippen molar-refractivity contribution >= 4 is 17.3 Å². The van der Waals surface area contributed by atoms with Gasteiger partial charge in [-0.25, -0.2) is 0 Å². The monoisotopic (exact) mass is 331 g/mol. The number of hydrogen-bond acceptors (Lipinski definition) is 3. The first-order valence-corrected chi connectivity index (χ1v) is 8.71. The second kappa shape index (κ2) is 9.20. The molecular formula is C18H25N3OS. The minimum atomic E-state index is 0.473. The molecule has 0 spiro atoms. The van der Waals surface area contributed by atoms with Crippen LogP contribution in [0.25, 0.3) is 0 Å². The van der Waals surface area contributed by atoms with Gasteiger partial charge in [0.25, 0.3) is 0 Å². The standard InChI is InChI=1S/C18H25N3OS/c1-15(17-10-7-13-23-17)14-20-18(19-2)21(3)11-12-22-16-8-5-4-6-9-16/h4-10,13,15H,11-12,14H2,1-3H3,(H,19,20). The Labute approximate surface area is 142 Å². The summed E-state index contributed by atoms with van der Waals surface area (Å²) in [5.74, 6) is 2.26. The number of hydrogen-bond donors (Lipinski definition) is 1. The molecule has 1 heterocycles. The first-order chi connectivity index (χ1) is 11.2. The van der Waals surface area contributed by atoms with Gasteiger partial charge >= 0.3 is 0 Å². The molecule has 0 fully saturated rings. The van der Waals surface area contributed by atoms with Crippen LogP contribution in [0, 0.1) is 0 Å². The van der Waals surface area contributed by atoms with Crippen LogP contribution in [-0.2, 0) is 0 Å². The highest BCUT2D eigenvalue weighted by atomic mass is 32.1. The lowest BCUT2D eigenvalue weighted by molar-refractivity contribution is 0.281. The topological polar surface area (TPSA) is 36.9 Å². The summed E-state index contributed by atoms with van der Waals surface area (Å²) in [4.78, 5) is 7.83. The molecule has 1 aromatic carbocycles. The van der Waals surface area contributed by atoms with E-state index in [2.05, 4.69) is 39.6 Å². The molecule has 1 unspecified atom stereocenters. The van der Waals surface area contributed by atoms with Crippen LogP contribution < -0.4 is 10.1 Å². The second-order valence-electron chi connectivity index (χ2n) is 5.43. The molecule has 5 heteroatoms. The lowest BCUT2D eigenvalue weighted by Gasteiger charge is -2.23. The Morgan fingerprint density at radius 1 is 1.26 bits per heavy atom. The van der Waals surface area contributed by atoms with Crippen molar-refractivity contribution in [2.24, 2.45) is 4.99 Å². The minimum absolute atomic E-state index is 0.473. The average Bonchev–Trinajstić information content (AvgIpc) is 3.11. The molecule has 1 N–H and O–H groups in total. The van der Waals surface area contributed by atoms with E-state index in [4.69, 9.17) is 4.74 Å². The molecule has 2 aromatic rings. The molecule has 0 aliphatic carbocycles. The van der Waals surface area contributed by atoms with E-state index >= 15 is 0 Å². The van der Waals surface area contributed by atoms with Crippen LogP contribution in [0.1, 0.15) is 17.7 Å². The third-order valence-electron chi connectivity index (χ3n) is 3.61. The first-order valence-electron chi connectivity index (χ1n) is 7.83. The van der Waals surface area contributed by atoms with E-state index in [-0.39, 0.29) is 0 Å². The highest BCUT2D eigenvalue weighted by Gasteiger charge is 2.10. The summed E-state index contributed by atoms with van der Waals surface area (Å²) in [6, 6.07) is 14.2. The highest BCUT2D eigenvalue weighted by Crippen LogP contribution is 2.19. The van der Waals surface area contributed by atoms with Crippen LogP contribution in [0.5, 0.6) is 5.75 Å². The molecule has 2 rings (SSSR count). The lowest BCUT2D eigenvalue weighted by Crippen LogP contribution is -2.42. The number of guanidine groups is 1. The van der Waals surface area contributed by atoms with E-state index in [1.807, 2.05) is 44.4 Å². The summed E-state index contributed by atoms with van der Waals surface area (Å²) in [7, 11) is 3.84. The van der Waals surface area contributed by atoms with Crippen molar-refractivity contribution in [3.63, 3.8) is 0 Å². The van der Waals surface area contributed by atoms with E-state index < -0.39 is 0 Å². The molecule has 1 atom stereocenters. The summed E-state index contributed by atoms with van der Waals surface area (Å²) in [5, 5.41) is 5.55. The van der Waals surface area contributed by atoms with Gasteiger partial charge in [-0.2, -0.15) is 0 Å². The van der Waals surface area contributed by atoms with Crippen LogP contribution in [0.3, 0.4) is 0 Å². The predicted octanol–water partition coefficient (Wildman–Crippen LogP) is 3.44. The zero-order valence-corrected chi connectivity index (χ0v) is 14.8. The maximum absolute atomic E-state index is 5.73. The third-order valence-corrected chi connectivity index (χ3v) is 4.71. The van der Waals surface area contributed by atoms with Gasteiger partial charge in [0.1, 0.15) is 12.4 Å². The van der Waals surface area contributed by atoms with Gasteiger partial charge in [0.05, 0.1) is 6.54 Å². The Morgan fingerprint density at radius 3 is 2.70 bits per heavy atom. The molecule has 23 heavy (non-hydrogen) atoms. The number of nitrogens with zero attached hydrogens (tertiary/aromatic N) is 2. The largest absolute Gasteiger partial charge is 0.492 e. The zero-order valence-electron chi connectivity index (χ0n) is 14.0. The Morgan fingerprint density at radius 2 is 2.04 bits per heavy atom. The van der Waals surface area contributed by atoms with Crippen molar-refractivity contribution in [1.29, 1.82) is 0 Å². The molecular weight excluding hydrogens is 306 g/mol. The van der Waals surface area contributed by atoms with E-state index in [0.717, 1.165) is 24.8 Å². The fraction of sp³-hybridized carbons (Fsp3) is 0.389. The maximum atomic E-state index is 5.73. The van der Waals surface area contributed by atoms with Crippen LogP contribution in [0.4, 0.5) is 0 Å². The number of ether oxygens (including phenoxy) is 1. The Bertz CT molecular complexity index is 584. The van der Waals surface area contributed by atoms with Gasteiger partial charge in [0.2, 0.25) is 0 Å². The fourth-order valence-electron chi connectivity index (χ4n) is 2.22. The first kappa shape index (κ1) is 17.3. The van der Waals surface area contributed by atoms with Gasteiger partial charge < -0.3 is 15.0 Å². The quantitative estimate of drug-likeness (QED) is 0.624. The molecule has 0 amide bonds. The number of likely N-dealkylation sites (N-methyl/N-ethyl adjacent to an activating group) is 1. The van der Waals surface area contributed by atoms with Crippen LogP contribution in [0.15, 0.2) is 52.8 Å². The van der Waals surface area contributed by atoms with E-state index in [1.54, 1.807) is 11.3 Å². The van der Waals surface area contributed by atoms with Crippen molar-refractivity contribution in [3.8, 4) is 5.75 Å². The smallest absolute Gasteiger partial charge is 0.193 e. The van der Waals surface area contributed by atoms with Crippen LogP contribution in [-0.4, -0.2) is 44.7 Å². The highest BCUT2D eigenvalue weighted by molar-refractivity contribution is 7.10. The van der Waals surface area contributed by atoms with Crippen molar-refractivity contribution < 1.29 is 4.74 Å². The summed E-state index contributed by atoms with van der Waals surface area (Å²) in [5.41, 5.74) is 0. The normalized spacial score (nSPS) is 12.7. The second-order valence-corrected chi connectivity index (χ2v) is 6.41. The van der Waals surface area contributed by atoms with E-state index in [0.29, 0.717) is 12.5 Å². The van der Waals surface area contributed by atoms with Crippen molar-refractivity contribution in [1.82, 2.24) is 10.2 Å². The molecule has 0 bridgehead atoms. The molecule has 1 aromatic heterocycles. The number of nitrogens with one attached hydrogen (secondary N) is 1. The summed E-state index contributed by atoms with van der Waals surface area (Å²) >= 11 is 1.80. The predicted molar refractivity (Wildman–Crippen MR) is 98.7 cm³/mol. The van der Waals surface area contributed by atoms with Crippen LogP contribution >= 0.6 is 11.3 Å². The fourth-order valence-corrected chi connectivity index (χ4v) is 3.01. The molecule has 0 radical (unpaired) electrons. The maximum Gasteiger partial charge on any atom is 0.193 e.